The van der Waals surface area contributed by atoms with Gasteiger partial charge in [0.2, 0.25) is 0 Å². The Labute approximate surface area is 125 Å². The summed E-state index contributed by atoms with van der Waals surface area (Å²) in [5.74, 6) is -0.697. The molecule has 1 aromatic carbocycles. The van der Waals surface area contributed by atoms with E-state index in [9.17, 15) is 9.59 Å². The molecule has 1 aromatic rings. The lowest BCUT2D eigenvalue weighted by Crippen LogP contribution is -2.33. The molecule has 1 saturated heterocycles. The fourth-order valence-electron chi connectivity index (χ4n) is 2.70. The van der Waals surface area contributed by atoms with E-state index in [4.69, 9.17) is 5.11 Å². The number of carbonyl (C=O) groups is 2. The van der Waals surface area contributed by atoms with Gasteiger partial charge < -0.3 is 10.0 Å². The zero-order valence-electron chi connectivity index (χ0n) is 12.4. The van der Waals surface area contributed by atoms with E-state index in [1.807, 2.05) is 29.2 Å². The highest BCUT2D eigenvalue weighted by Crippen LogP contribution is 2.14. The van der Waals surface area contributed by atoms with Crippen molar-refractivity contribution in [1.29, 1.82) is 0 Å². The molecule has 1 heterocycles. The van der Waals surface area contributed by atoms with Crippen LogP contribution in [-0.2, 0) is 11.2 Å². The molecular formula is C17H23NO3. The minimum absolute atomic E-state index is 0.0988. The van der Waals surface area contributed by atoms with Gasteiger partial charge in [0.25, 0.3) is 5.91 Å². The van der Waals surface area contributed by atoms with E-state index in [2.05, 4.69) is 0 Å². The number of aliphatic carboxylic acids is 1. The maximum Gasteiger partial charge on any atom is 0.303 e. The molecule has 0 bridgehead atoms. The molecule has 1 aliphatic rings. The Hall–Kier alpha value is -1.84. The minimum atomic E-state index is -0.796. The third-order valence-electron chi connectivity index (χ3n) is 3.97. The summed E-state index contributed by atoms with van der Waals surface area (Å²) in [5.41, 5.74) is 1.66. The lowest BCUT2D eigenvalue weighted by atomic mass is 10.0. The van der Waals surface area contributed by atoms with Crippen molar-refractivity contribution in [3.05, 3.63) is 35.4 Å². The molecule has 0 atom stereocenters. The van der Waals surface area contributed by atoms with Crippen LogP contribution < -0.4 is 0 Å². The number of amides is 1. The quantitative estimate of drug-likeness (QED) is 0.926. The van der Waals surface area contributed by atoms with Crippen LogP contribution in [0.2, 0.25) is 0 Å². The molecule has 21 heavy (non-hydrogen) atoms. The zero-order chi connectivity index (χ0) is 15.1. The van der Waals surface area contributed by atoms with Gasteiger partial charge >= 0.3 is 5.97 Å². The number of nitrogens with zero attached hydrogens (tertiary/aromatic N) is 1. The second-order valence-corrected chi connectivity index (χ2v) is 5.65. The molecule has 4 nitrogen and oxygen atoms in total. The zero-order valence-corrected chi connectivity index (χ0v) is 12.4. The highest BCUT2D eigenvalue weighted by atomic mass is 16.4. The lowest BCUT2D eigenvalue weighted by molar-refractivity contribution is -0.136. The van der Waals surface area contributed by atoms with Crippen molar-refractivity contribution in [3.63, 3.8) is 0 Å². The number of benzene rings is 1. The Bertz CT molecular complexity index is 473. The molecule has 0 unspecified atom stereocenters. The fourth-order valence-corrected chi connectivity index (χ4v) is 2.70. The topological polar surface area (TPSA) is 57.6 Å². The fraction of sp³-hybridized carbons (Fsp3) is 0.529. The maximum absolute atomic E-state index is 12.5. The SMILES string of the molecule is O=C(O)CCc1ccc(C(=O)N2CCCCCCC2)cc1. The normalized spacial score (nSPS) is 16.1. The summed E-state index contributed by atoms with van der Waals surface area (Å²) in [4.78, 5) is 25.0. The number of hydrogen-bond donors (Lipinski definition) is 1. The van der Waals surface area contributed by atoms with Gasteiger partial charge in [-0.15, -0.1) is 0 Å². The average Bonchev–Trinajstić information content (AvgIpc) is 2.45. The number of hydrogen-bond acceptors (Lipinski definition) is 2. The van der Waals surface area contributed by atoms with Gasteiger partial charge in [0.1, 0.15) is 0 Å². The Balaban J connectivity index is 1.96. The van der Waals surface area contributed by atoms with Crippen LogP contribution in [0.1, 0.15) is 54.4 Å². The van der Waals surface area contributed by atoms with Crippen molar-refractivity contribution < 1.29 is 14.7 Å². The van der Waals surface area contributed by atoms with Gasteiger partial charge in [-0.1, -0.05) is 31.4 Å². The predicted octanol–water partition coefficient (Wildman–Crippen LogP) is 3.11. The van der Waals surface area contributed by atoms with E-state index in [0.29, 0.717) is 12.0 Å². The van der Waals surface area contributed by atoms with E-state index < -0.39 is 5.97 Å². The summed E-state index contributed by atoms with van der Waals surface area (Å²) in [7, 11) is 0. The molecule has 0 radical (unpaired) electrons. The van der Waals surface area contributed by atoms with Gasteiger partial charge in [-0.2, -0.15) is 0 Å². The predicted molar refractivity (Wildman–Crippen MR) is 81.4 cm³/mol. The molecule has 0 aliphatic carbocycles. The Morgan fingerprint density at radius 3 is 2.10 bits per heavy atom. The molecule has 1 aliphatic heterocycles. The van der Waals surface area contributed by atoms with E-state index >= 15 is 0 Å². The van der Waals surface area contributed by atoms with Gasteiger partial charge in [-0.25, -0.2) is 0 Å². The third-order valence-corrected chi connectivity index (χ3v) is 3.97. The van der Waals surface area contributed by atoms with E-state index in [-0.39, 0.29) is 12.3 Å². The summed E-state index contributed by atoms with van der Waals surface area (Å²) >= 11 is 0. The summed E-state index contributed by atoms with van der Waals surface area (Å²) in [5, 5.41) is 8.68. The van der Waals surface area contributed by atoms with Crippen LogP contribution in [0.4, 0.5) is 0 Å². The minimum Gasteiger partial charge on any atom is -0.481 e. The summed E-state index contributed by atoms with van der Waals surface area (Å²) in [6, 6.07) is 7.36. The molecule has 1 N–H and O–H groups in total. The molecule has 1 amide bonds. The smallest absolute Gasteiger partial charge is 0.303 e. The van der Waals surface area contributed by atoms with Crippen LogP contribution in [0.5, 0.6) is 0 Å². The first-order chi connectivity index (χ1) is 10.2. The van der Waals surface area contributed by atoms with Crippen molar-refractivity contribution >= 4 is 11.9 Å². The van der Waals surface area contributed by atoms with E-state index in [1.54, 1.807) is 0 Å². The Morgan fingerprint density at radius 1 is 0.952 bits per heavy atom. The largest absolute Gasteiger partial charge is 0.481 e. The van der Waals surface area contributed by atoms with Gasteiger partial charge in [0.05, 0.1) is 0 Å². The second kappa shape index (κ2) is 7.81. The van der Waals surface area contributed by atoms with Crippen molar-refractivity contribution in [3.8, 4) is 0 Å². The molecule has 0 saturated carbocycles. The molecule has 114 valence electrons. The molecule has 1 fully saturated rings. The van der Waals surface area contributed by atoms with Crippen molar-refractivity contribution in [1.82, 2.24) is 4.90 Å². The summed E-state index contributed by atoms with van der Waals surface area (Å²) in [6.45, 7) is 1.69. The first-order valence-corrected chi connectivity index (χ1v) is 7.77. The van der Waals surface area contributed by atoms with Crippen LogP contribution in [0, 0.1) is 0 Å². The molecule has 4 heteroatoms. The summed E-state index contributed by atoms with van der Waals surface area (Å²) in [6.07, 6.45) is 6.49. The van der Waals surface area contributed by atoms with Gasteiger partial charge in [-0.3, -0.25) is 9.59 Å². The number of carboxylic acid groups (broad SMARTS) is 1. The summed E-state index contributed by atoms with van der Waals surface area (Å²) < 4.78 is 0. The van der Waals surface area contributed by atoms with Crippen LogP contribution in [-0.4, -0.2) is 35.0 Å². The van der Waals surface area contributed by atoms with Crippen LogP contribution >= 0.6 is 0 Å². The number of aryl methyl sites for hydroxylation is 1. The standard InChI is InChI=1S/C17H23NO3/c19-16(20)11-8-14-6-9-15(10-7-14)17(21)18-12-4-2-1-3-5-13-18/h6-7,9-10H,1-5,8,11-13H2,(H,19,20). The van der Waals surface area contributed by atoms with Gasteiger partial charge in [-0.05, 0) is 37.0 Å². The molecule has 0 aromatic heterocycles. The lowest BCUT2D eigenvalue weighted by Gasteiger charge is -2.25. The highest BCUT2D eigenvalue weighted by molar-refractivity contribution is 5.94. The third kappa shape index (κ3) is 4.88. The Morgan fingerprint density at radius 2 is 1.52 bits per heavy atom. The monoisotopic (exact) mass is 289 g/mol. The highest BCUT2D eigenvalue weighted by Gasteiger charge is 2.16. The maximum atomic E-state index is 12.5. The number of carbonyl (C=O) groups excluding carboxylic acids is 1. The molecular weight excluding hydrogens is 266 g/mol. The van der Waals surface area contributed by atoms with Crippen molar-refractivity contribution in [2.24, 2.45) is 0 Å². The number of carboxylic acids is 1. The van der Waals surface area contributed by atoms with Crippen molar-refractivity contribution in [2.75, 3.05) is 13.1 Å². The first-order valence-electron chi connectivity index (χ1n) is 7.77. The van der Waals surface area contributed by atoms with Crippen LogP contribution in [0.15, 0.2) is 24.3 Å². The molecule has 2 rings (SSSR count). The number of likely N-dealkylation sites (tertiary alicyclic amines) is 1. The van der Waals surface area contributed by atoms with Crippen LogP contribution in [0.25, 0.3) is 0 Å². The van der Waals surface area contributed by atoms with Gasteiger partial charge in [0, 0.05) is 25.1 Å². The van der Waals surface area contributed by atoms with E-state index in [0.717, 1.165) is 31.5 Å². The van der Waals surface area contributed by atoms with Gasteiger partial charge in [0.15, 0.2) is 0 Å². The number of rotatable bonds is 4. The first kappa shape index (κ1) is 15.5. The Kier molecular flexibility index (Phi) is 5.78. The van der Waals surface area contributed by atoms with E-state index in [1.165, 1.54) is 19.3 Å². The van der Waals surface area contributed by atoms with Crippen molar-refractivity contribution in [2.45, 2.75) is 44.9 Å². The average molecular weight is 289 g/mol. The molecule has 0 spiro atoms. The second-order valence-electron chi connectivity index (χ2n) is 5.65. The van der Waals surface area contributed by atoms with Crippen LogP contribution in [0.3, 0.4) is 0 Å².